The van der Waals surface area contributed by atoms with Gasteiger partial charge in [-0.05, 0) is 60.9 Å². The first-order valence-corrected chi connectivity index (χ1v) is 12.4. The predicted octanol–water partition coefficient (Wildman–Crippen LogP) is 4.70. The Hall–Kier alpha value is -2.97. The van der Waals surface area contributed by atoms with E-state index in [-0.39, 0.29) is 6.61 Å². The monoisotopic (exact) mass is 439 g/mol. The second-order valence-corrected chi connectivity index (χ2v) is 9.37. The summed E-state index contributed by atoms with van der Waals surface area (Å²) in [7, 11) is -3.37. The van der Waals surface area contributed by atoms with E-state index in [0.29, 0.717) is 5.69 Å². The number of anilines is 1. The summed E-state index contributed by atoms with van der Waals surface area (Å²) in [6.07, 6.45) is 3.17. The van der Waals surface area contributed by atoms with Gasteiger partial charge in [0.1, 0.15) is 12.4 Å². The zero-order chi connectivity index (χ0) is 21.1. The standard InChI is InChI=1S/C22H21N3O3S2/c1-29-19-12-10-18(11-13-19)28-15-22-23-20-8-3-4-9-21(20)25(22)17-7-5-6-16(14-17)24-30(2,26)27/h3-14,24H,15H2,1-2H3. The molecule has 1 heterocycles. The normalized spacial score (nSPS) is 11.5. The molecule has 0 unspecified atom stereocenters. The first kappa shape index (κ1) is 20.3. The van der Waals surface area contributed by atoms with Crippen molar-refractivity contribution in [3.63, 3.8) is 0 Å². The fourth-order valence-corrected chi connectivity index (χ4v) is 4.17. The van der Waals surface area contributed by atoms with Gasteiger partial charge in [-0.3, -0.25) is 9.29 Å². The number of benzene rings is 3. The van der Waals surface area contributed by atoms with Crippen molar-refractivity contribution in [2.45, 2.75) is 11.5 Å². The molecular formula is C22H21N3O3S2. The minimum atomic E-state index is -3.37. The molecule has 4 aromatic rings. The Morgan fingerprint density at radius 3 is 2.53 bits per heavy atom. The number of ether oxygens (including phenoxy) is 1. The third-order valence-corrected chi connectivity index (χ3v) is 5.82. The average molecular weight is 440 g/mol. The van der Waals surface area contributed by atoms with Gasteiger partial charge in [0.25, 0.3) is 0 Å². The Kier molecular flexibility index (Phi) is 5.69. The zero-order valence-corrected chi connectivity index (χ0v) is 18.2. The highest BCUT2D eigenvalue weighted by Crippen LogP contribution is 2.25. The number of imidazole rings is 1. The van der Waals surface area contributed by atoms with Gasteiger partial charge in [-0.2, -0.15) is 0 Å². The minimum absolute atomic E-state index is 0.275. The van der Waals surface area contributed by atoms with E-state index < -0.39 is 10.0 Å². The molecule has 8 heteroatoms. The van der Waals surface area contributed by atoms with Crippen LogP contribution in [0.15, 0.2) is 77.7 Å². The second-order valence-electron chi connectivity index (χ2n) is 6.74. The summed E-state index contributed by atoms with van der Waals surface area (Å²) in [5.41, 5.74) is 3.06. The third kappa shape index (κ3) is 4.60. The Labute approximate surface area is 180 Å². The maximum Gasteiger partial charge on any atom is 0.229 e. The molecule has 0 saturated heterocycles. The smallest absolute Gasteiger partial charge is 0.229 e. The van der Waals surface area contributed by atoms with Crippen LogP contribution in [0.2, 0.25) is 0 Å². The van der Waals surface area contributed by atoms with Crippen molar-refractivity contribution < 1.29 is 13.2 Å². The van der Waals surface area contributed by atoms with Crippen LogP contribution in [0.3, 0.4) is 0 Å². The highest BCUT2D eigenvalue weighted by molar-refractivity contribution is 7.98. The maximum absolute atomic E-state index is 11.6. The quantitative estimate of drug-likeness (QED) is 0.423. The lowest BCUT2D eigenvalue weighted by Crippen LogP contribution is -2.10. The number of aromatic nitrogens is 2. The zero-order valence-electron chi connectivity index (χ0n) is 16.6. The van der Waals surface area contributed by atoms with Gasteiger partial charge < -0.3 is 4.74 Å². The molecule has 0 spiro atoms. The Morgan fingerprint density at radius 2 is 1.80 bits per heavy atom. The van der Waals surface area contributed by atoms with Crippen LogP contribution in [-0.4, -0.2) is 30.5 Å². The lowest BCUT2D eigenvalue weighted by Gasteiger charge is -2.12. The van der Waals surface area contributed by atoms with Crippen LogP contribution >= 0.6 is 11.8 Å². The fraction of sp³-hybridized carbons (Fsp3) is 0.136. The van der Waals surface area contributed by atoms with Crippen LogP contribution in [0, 0.1) is 0 Å². The van der Waals surface area contributed by atoms with Crippen LogP contribution in [0.4, 0.5) is 5.69 Å². The molecule has 0 amide bonds. The second kappa shape index (κ2) is 8.41. The lowest BCUT2D eigenvalue weighted by molar-refractivity contribution is 0.294. The van der Waals surface area contributed by atoms with Crippen molar-refractivity contribution >= 4 is 38.5 Å². The number of nitrogens with zero attached hydrogens (tertiary/aromatic N) is 2. The summed E-state index contributed by atoms with van der Waals surface area (Å²) in [4.78, 5) is 5.91. The van der Waals surface area contributed by atoms with Crippen molar-refractivity contribution in [1.82, 2.24) is 9.55 Å². The van der Waals surface area contributed by atoms with Crippen LogP contribution in [0.5, 0.6) is 5.75 Å². The molecule has 0 fully saturated rings. The van der Waals surface area contributed by atoms with Gasteiger partial charge >= 0.3 is 0 Å². The van der Waals surface area contributed by atoms with E-state index in [1.54, 1.807) is 23.9 Å². The number of hydrogen-bond acceptors (Lipinski definition) is 5. The molecule has 4 rings (SSSR count). The highest BCUT2D eigenvalue weighted by atomic mass is 32.2. The Balaban J connectivity index is 1.71. The maximum atomic E-state index is 11.6. The number of rotatable bonds is 7. The van der Waals surface area contributed by atoms with E-state index in [1.165, 1.54) is 4.90 Å². The first-order chi connectivity index (χ1) is 14.4. The van der Waals surface area contributed by atoms with Crippen molar-refractivity contribution in [2.75, 3.05) is 17.2 Å². The average Bonchev–Trinajstić information content (AvgIpc) is 3.10. The highest BCUT2D eigenvalue weighted by Gasteiger charge is 2.14. The Bertz CT molecular complexity index is 1280. The van der Waals surface area contributed by atoms with E-state index in [4.69, 9.17) is 9.72 Å². The summed E-state index contributed by atoms with van der Waals surface area (Å²) in [6, 6.07) is 23.0. The van der Waals surface area contributed by atoms with Gasteiger partial charge in [-0.15, -0.1) is 11.8 Å². The van der Waals surface area contributed by atoms with Gasteiger partial charge in [0.2, 0.25) is 10.0 Å². The molecule has 0 radical (unpaired) electrons. The summed E-state index contributed by atoms with van der Waals surface area (Å²) >= 11 is 1.68. The van der Waals surface area contributed by atoms with Crippen molar-refractivity contribution in [3.05, 3.63) is 78.6 Å². The van der Waals surface area contributed by atoms with E-state index in [2.05, 4.69) is 4.72 Å². The van der Waals surface area contributed by atoms with Gasteiger partial charge in [-0.1, -0.05) is 18.2 Å². The van der Waals surface area contributed by atoms with Crippen LogP contribution in [0.25, 0.3) is 16.7 Å². The molecule has 0 saturated carbocycles. The molecule has 0 aliphatic heterocycles. The molecule has 0 bridgehead atoms. The van der Waals surface area contributed by atoms with Crippen LogP contribution < -0.4 is 9.46 Å². The van der Waals surface area contributed by atoms with E-state index in [0.717, 1.165) is 34.6 Å². The summed E-state index contributed by atoms with van der Waals surface area (Å²) in [6.45, 7) is 0.275. The third-order valence-electron chi connectivity index (χ3n) is 4.47. The molecule has 1 aromatic heterocycles. The molecule has 6 nitrogen and oxygen atoms in total. The molecule has 0 atom stereocenters. The topological polar surface area (TPSA) is 73.2 Å². The van der Waals surface area contributed by atoms with E-state index >= 15 is 0 Å². The van der Waals surface area contributed by atoms with Crippen molar-refractivity contribution in [3.8, 4) is 11.4 Å². The van der Waals surface area contributed by atoms with Gasteiger partial charge in [0, 0.05) is 10.6 Å². The number of hydrogen-bond donors (Lipinski definition) is 1. The first-order valence-electron chi connectivity index (χ1n) is 9.24. The number of fused-ring (bicyclic) bond motifs is 1. The molecule has 3 aromatic carbocycles. The number of thioether (sulfide) groups is 1. The van der Waals surface area contributed by atoms with Crippen molar-refractivity contribution in [2.24, 2.45) is 0 Å². The molecule has 30 heavy (non-hydrogen) atoms. The van der Waals surface area contributed by atoms with Gasteiger partial charge in [0.15, 0.2) is 5.82 Å². The molecular weight excluding hydrogens is 418 g/mol. The van der Waals surface area contributed by atoms with Gasteiger partial charge in [-0.25, -0.2) is 13.4 Å². The van der Waals surface area contributed by atoms with Gasteiger partial charge in [0.05, 0.1) is 23.0 Å². The summed E-state index contributed by atoms with van der Waals surface area (Å²) < 4.78 is 33.8. The predicted molar refractivity (Wildman–Crippen MR) is 122 cm³/mol. The molecule has 154 valence electrons. The Morgan fingerprint density at radius 1 is 1.03 bits per heavy atom. The van der Waals surface area contributed by atoms with E-state index in [1.807, 2.05) is 71.5 Å². The van der Waals surface area contributed by atoms with Crippen molar-refractivity contribution in [1.29, 1.82) is 0 Å². The summed E-state index contributed by atoms with van der Waals surface area (Å²) in [5.74, 6) is 1.49. The fourth-order valence-electron chi connectivity index (χ4n) is 3.20. The minimum Gasteiger partial charge on any atom is -0.486 e. The molecule has 1 N–H and O–H groups in total. The lowest BCUT2D eigenvalue weighted by atomic mass is 10.2. The largest absolute Gasteiger partial charge is 0.486 e. The molecule has 0 aliphatic rings. The number of nitrogens with one attached hydrogen (secondary N) is 1. The summed E-state index contributed by atoms with van der Waals surface area (Å²) in [5, 5.41) is 0. The van der Waals surface area contributed by atoms with Crippen LogP contribution in [0.1, 0.15) is 5.82 Å². The SMILES string of the molecule is CSc1ccc(OCc2nc3ccccc3n2-c2cccc(NS(C)(=O)=O)c2)cc1. The number of para-hydroxylation sites is 2. The van der Waals surface area contributed by atoms with E-state index in [9.17, 15) is 8.42 Å². The molecule has 0 aliphatic carbocycles. The number of sulfonamides is 1. The van der Waals surface area contributed by atoms with Crippen LogP contribution in [-0.2, 0) is 16.6 Å².